The number of carbonyl (C=O) groups excluding carboxylic acids is 3. The molecule has 0 saturated heterocycles. The Balaban J connectivity index is 2.06. The van der Waals surface area contributed by atoms with Crippen molar-refractivity contribution in [3.05, 3.63) is 35.0 Å². The van der Waals surface area contributed by atoms with Crippen LogP contribution in [0.4, 0.5) is 0 Å². The molecule has 0 radical (unpaired) electrons. The second-order valence-electron chi connectivity index (χ2n) is 7.10. The zero-order chi connectivity index (χ0) is 19.7. The molecule has 3 rings (SSSR count). The Hall–Kier alpha value is -2.61. The molecular weight excluding hydrogens is 352 g/mol. The van der Waals surface area contributed by atoms with E-state index in [1.807, 2.05) is 6.92 Å². The van der Waals surface area contributed by atoms with Gasteiger partial charge in [0.1, 0.15) is 23.6 Å². The van der Waals surface area contributed by atoms with E-state index >= 15 is 0 Å². The Labute approximate surface area is 156 Å². The summed E-state index contributed by atoms with van der Waals surface area (Å²) in [6, 6.07) is 1.30. The number of nitrogens with one attached hydrogen (secondary N) is 1. The van der Waals surface area contributed by atoms with Gasteiger partial charge in [0.15, 0.2) is 11.5 Å². The smallest absolute Gasteiger partial charge is 0.290 e. The number of aryl methyl sites for hydroxylation is 1. The number of rotatable bonds is 8. The molecular formula is C19H24N2O6. The van der Waals surface area contributed by atoms with Gasteiger partial charge in [0, 0.05) is 5.92 Å². The summed E-state index contributed by atoms with van der Waals surface area (Å²) in [6.07, 6.45) is 3.10. The van der Waals surface area contributed by atoms with E-state index in [1.54, 1.807) is 24.5 Å². The van der Waals surface area contributed by atoms with Crippen molar-refractivity contribution >= 4 is 17.6 Å². The number of hydrogen-bond donors (Lipinski definition) is 3. The molecule has 1 aromatic heterocycles. The third-order valence-corrected chi connectivity index (χ3v) is 5.07. The highest BCUT2D eigenvalue weighted by molar-refractivity contribution is 6.11. The molecule has 1 aliphatic carbocycles. The molecule has 0 spiro atoms. The molecule has 8 nitrogen and oxygen atoms in total. The minimum atomic E-state index is -1.04. The van der Waals surface area contributed by atoms with Gasteiger partial charge in [-0.05, 0) is 38.3 Å². The van der Waals surface area contributed by atoms with Gasteiger partial charge in [-0.15, -0.1) is 0 Å². The molecule has 2 unspecified atom stereocenters. The first-order valence-corrected chi connectivity index (χ1v) is 9.21. The maximum absolute atomic E-state index is 12.8. The van der Waals surface area contributed by atoms with Crippen LogP contribution in [-0.2, 0) is 14.4 Å². The molecule has 1 aromatic rings. The van der Waals surface area contributed by atoms with Gasteiger partial charge in [0.2, 0.25) is 0 Å². The number of ketones is 1. The van der Waals surface area contributed by atoms with Crippen molar-refractivity contribution < 1.29 is 29.1 Å². The molecule has 2 amide bonds. The molecule has 146 valence electrons. The second kappa shape index (κ2) is 7.56. The van der Waals surface area contributed by atoms with Crippen LogP contribution in [0.25, 0.3) is 0 Å². The van der Waals surface area contributed by atoms with E-state index in [0.29, 0.717) is 30.8 Å². The van der Waals surface area contributed by atoms with Crippen LogP contribution < -0.4 is 5.48 Å². The molecule has 3 N–H and O–H groups in total. The van der Waals surface area contributed by atoms with E-state index in [-0.39, 0.29) is 23.7 Å². The van der Waals surface area contributed by atoms with Gasteiger partial charge < -0.3 is 14.4 Å². The molecule has 27 heavy (non-hydrogen) atoms. The summed E-state index contributed by atoms with van der Waals surface area (Å²) < 4.78 is 5.66. The molecule has 1 fully saturated rings. The van der Waals surface area contributed by atoms with E-state index in [2.05, 4.69) is 0 Å². The number of hydrogen-bond acceptors (Lipinski definition) is 6. The van der Waals surface area contributed by atoms with Crippen LogP contribution in [0.5, 0.6) is 0 Å². The minimum absolute atomic E-state index is 0.0240. The van der Waals surface area contributed by atoms with E-state index in [4.69, 9.17) is 9.62 Å². The monoisotopic (exact) mass is 376 g/mol. The summed E-state index contributed by atoms with van der Waals surface area (Å²) in [5.74, 6) is -1.82. The van der Waals surface area contributed by atoms with Crippen molar-refractivity contribution in [3.63, 3.8) is 0 Å². The topological polar surface area (TPSA) is 120 Å². The van der Waals surface area contributed by atoms with Gasteiger partial charge in [-0.25, -0.2) is 5.48 Å². The number of Topliss-reactive ketones (excluding diaryl/α,β-unsaturated/α-hetero) is 1. The van der Waals surface area contributed by atoms with Crippen LogP contribution in [0.1, 0.15) is 56.6 Å². The first-order chi connectivity index (χ1) is 12.9. The number of furan rings is 1. The molecule has 2 aliphatic rings. The van der Waals surface area contributed by atoms with Crippen LogP contribution in [0.3, 0.4) is 0 Å². The molecule has 8 heteroatoms. The number of hydroxylamine groups is 1. The first kappa shape index (κ1) is 19.2. The number of carbonyl (C=O) groups is 3. The summed E-state index contributed by atoms with van der Waals surface area (Å²) >= 11 is 0. The largest absolute Gasteiger partial charge is 0.503 e. The third kappa shape index (κ3) is 3.49. The van der Waals surface area contributed by atoms with Crippen LogP contribution in [0.2, 0.25) is 0 Å². The predicted molar refractivity (Wildman–Crippen MR) is 93.7 cm³/mol. The lowest BCUT2D eigenvalue weighted by atomic mass is 9.97. The summed E-state index contributed by atoms with van der Waals surface area (Å²) in [5.41, 5.74) is 1.57. The predicted octanol–water partition coefficient (Wildman–Crippen LogP) is 2.33. The van der Waals surface area contributed by atoms with Crippen molar-refractivity contribution in [2.45, 2.75) is 58.0 Å². The molecule has 0 aromatic carbocycles. The number of amides is 2. The molecule has 2 atom stereocenters. The fourth-order valence-electron chi connectivity index (χ4n) is 3.51. The average molecular weight is 376 g/mol. The maximum Gasteiger partial charge on any atom is 0.290 e. The number of aliphatic hydroxyl groups excluding tert-OH is 1. The van der Waals surface area contributed by atoms with Gasteiger partial charge >= 0.3 is 0 Å². The lowest BCUT2D eigenvalue weighted by Gasteiger charge is -2.31. The van der Waals surface area contributed by atoms with Crippen molar-refractivity contribution in [3.8, 4) is 0 Å². The molecule has 2 heterocycles. The molecule has 1 aliphatic heterocycles. The lowest BCUT2D eigenvalue weighted by molar-refractivity contribution is -0.144. The van der Waals surface area contributed by atoms with Gasteiger partial charge in [0.25, 0.3) is 11.8 Å². The summed E-state index contributed by atoms with van der Waals surface area (Å²) in [6.45, 7) is 3.66. The number of aliphatic hydroxyl groups is 1. The quantitative estimate of drug-likeness (QED) is 0.473. The average Bonchev–Trinajstić information content (AvgIpc) is 3.37. The second-order valence-corrected chi connectivity index (χ2v) is 7.10. The van der Waals surface area contributed by atoms with Crippen molar-refractivity contribution in [2.24, 2.45) is 5.92 Å². The van der Waals surface area contributed by atoms with Gasteiger partial charge in [-0.2, -0.15) is 0 Å². The van der Waals surface area contributed by atoms with Crippen molar-refractivity contribution in [1.82, 2.24) is 10.4 Å². The van der Waals surface area contributed by atoms with Gasteiger partial charge in [-0.3, -0.25) is 19.6 Å². The first-order valence-electron chi connectivity index (χ1n) is 9.21. The highest BCUT2D eigenvalue weighted by Gasteiger charge is 2.51. The SMILES string of the molecule is CCCCC(C(=O)NO)N1C(=O)C(O)=C(C(=O)C2CC2)C1c1ccc(C)o1. The highest BCUT2D eigenvalue weighted by Crippen LogP contribution is 2.44. The zero-order valence-electron chi connectivity index (χ0n) is 15.4. The normalized spacial score (nSPS) is 20.9. The summed E-state index contributed by atoms with van der Waals surface area (Å²) in [5, 5.41) is 19.6. The van der Waals surface area contributed by atoms with Crippen molar-refractivity contribution in [1.29, 1.82) is 0 Å². The zero-order valence-corrected chi connectivity index (χ0v) is 15.4. The molecule has 0 bridgehead atoms. The third-order valence-electron chi connectivity index (χ3n) is 5.07. The van der Waals surface area contributed by atoms with Crippen LogP contribution in [0, 0.1) is 12.8 Å². The fraction of sp³-hybridized carbons (Fsp3) is 0.526. The van der Waals surface area contributed by atoms with Crippen LogP contribution in [-0.4, -0.2) is 38.9 Å². The Bertz CT molecular complexity index is 792. The summed E-state index contributed by atoms with van der Waals surface area (Å²) in [7, 11) is 0. The van der Waals surface area contributed by atoms with Gasteiger partial charge in [-0.1, -0.05) is 19.8 Å². The fourth-order valence-corrected chi connectivity index (χ4v) is 3.51. The van der Waals surface area contributed by atoms with Gasteiger partial charge in [0.05, 0.1) is 5.57 Å². The standard InChI is InChI=1S/C19H24N2O6/c1-3-4-5-12(18(24)20-26)21-15(13-9-6-10(2)27-13)14(17(23)19(21)25)16(22)11-7-8-11/h6,9,11-12,15,23,26H,3-5,7-8H2,1-2H3,(H,20,24). The number of nitrogens with zero attached hydrogens (tertiary/aromatic N) is 1. The Kier molecular flexibility index (Phi) is 5.36. The molecule has 1 saturated carbocycles. The Morgan fingerprint density at radius 3 is 2.59 bits per heavy atom. The maximum atomic E-state index is 12.8. The minimum Gasteiger partial charge on any atom is -0.503 e. The van der Waals surface area contributed by atoms with E-state index in [1.165, 1.54) is 0 Å². The van der Waals surface area contributed by atoms with Crippen molar-refractivity contribution in [2.75, 3.05) is 0 Å². The van der Waals surface area contributed by atoms with Crippen LogP contribution >= 0.6 is 0 Å². The lowest BCUT2D eigenvalue weighted by Crippen LogP contribution is -2.48. The van der Waals surface area contributed by atoms with E-state index in [9.17, 15) is 19.5 Å². The van der Waals surface area contributed by atoms with Crippen LogP contribution in [0.15, 0.2) is 27.9 Å². The Morgan fingerprint density at radius 1 is 1.37 bits per heavy atom. The van der Waals surface area contributed by atoms with E-state index in [0.717, 1.165) is 11.3 Å². The highest BCUT2D eigenvalue weighted by atomic mass is 16.5. The van der Waals surface area contributed by atoms with E-state index < -0.39 is 29.7 Å². The Morgan fingerprint density at radius 2 is 2.07 bits per heavy atom. The summed E-state index contributed by atoms with van der Waals surface area (Å²) in [4.78, 5) is 39.1. The number of unbranched alkanes of at least 4 members (excludes halogenated alkanes) is 1.